The summed E-state index contributed by atoms with van der Waals surface area (Å²) in [5.41, 5.74) is 7.80. The first kappa shape index (κ1) is 15.7. The lowest BCUT2D eigenvalue weighted by molar-refractivity contribution is -0.117. The number of hydrogen-bond donors (Lipinski definition) is 2. The maximum atomic E-state index is 12.1. The van der Waals surface area contributed by atoms with Crippen molar-refractivity contribution in [3.8, 4) is 0 Å². The second kappa shape index (κ2) is 7.29. The predicted molar refractivity (Wildman–Crippen MR) is 81.2 cm³/mol. The molecule has 0 aliphatic carbocycles. The lowest BCUT2D eigenvalue weighted by Crippen LogP contribution is -2.26. The highest BCUT2D eigenvalue weighted by Crippen LogP contribution is 2.24. The van der Waals surface area contributed by atoms with Crippen molar-refractivity contribution >= 4 is 11.6 Å². The number of anilines is 1. The summed E-state index contributed by atoms with van der Waals surface area (Å²) in [5, 5.41) is 3.02. The van der Waals surface area contributed by atoms with E-state index in [0.29, 0.717) is 24.8 Å². The zero-order chi connectivity index (χ0) is 14.4. The molecule has 0 fully saturated rings. The maximum absolute atomic E-state index is 12.1. The van der Waals surface area contributed by atoms with Crippen molar-refractivity contribution in [3.05, 3.63) is 29.8 Å². The average Bonchev–Trinajstić information content (AvgIpc) is 2.35. The van der Waals surface area contributed by atoms with Gasteiger partial charge in [0.2, 0.25) is 5.91 Å². The number of benzene rings is 1. The molecule has 0 saturated carbocycles. The molecular formula is C16H26N2O. The zero-order valence-corrected chi connectivity index (χ0v) is 12.4. The molecule has 1 unspecified atom stereocenters. The van der Waals surface area contributed by atoms with E-state index >= 15 is 0 Å². The van der Waals surface area contributed by atoms with Gasteiger partial charge in [0.25, 0.3) is 0 Å². The van der Waals surface area contributed by atoms with Crippen molar-refractivity contribution in [3.63, 3.8) is 0 Å². The van der Waals surface area contributed by atoms with Crippen LogP contribution in [-0.2, 0) is 4.79 Å². The van der Waals surface area contributed by atoms with Crippen LogP contribution in [0.2, 0.25) is 0 Å². The Morgan fingerprint density at radius 1 is 1.21 bits per heavy atom. The molecule has 0 radical (unpaired) electrons. The number of hydrogen-bond acceptors (Lipinski definition) is 2. The minimum absolute atomic E-state index is 0.0530. The summed E-state index contributed by atoms with van der Waals surface area (Å²) in [7, 11) is 0. The van der Waals surface area contributed by atoms with Gasteiger partial charge in [-0.3, -0.25) is 4.79 Å². The Morgan fingerprint density at radius 2 is 1.84 bits per heavy atom. The SMILES string of the molecule is CC(C)c1ccccc1NC(=O)CC(CN)C(C)C. The number of nitrogens with one attached hydrogen (secondary N) is 1. The molecule has 0 saturated heterocycles. The van der Waals surface area contributed by atoms with Gasteiger partial charge in [-0.15, -0.1) is 0 Å². The molecule has 0 aliphatic heterocycles. The van der Waals surface area contributed by atoms with Gasteiger partial charge in [0.05, 0.1) is 0 Å². The minimum Gasteiger partial charge on any atom is -0.330 e. The predicted octanol–water partition coefficient (Wildman–Crippen LogP) is 3.37. The Bertz CT molecular complexity index is 413. The van der Waals surface area contributed by atoms with E-state index in [1.54, 1.807) is 0 Å². The van der Waals surface area contributed by atoms with Crippen molar-refractivity contribution in [2.24, 2.45) is 17.6 Å². The van der Waals surface area contributed by atoms with Gasteiger partial charge in [-0.05, 0) is 35.9 Å². The van der Waals surface area contributed by atoms with Crippen LogP contribution in [0.25, 0.3) is 0 Å². The van der Waals surface area contributed by atoms with E-state index in [9.17, 15) is 4.79 Å². The fourth-order valence-corrected chi connectivity index (χ4v) is 2.14. The van der Waals surface area contributed by atoms with E-state index in [4.69, 9.17) is 5.73 Å². The molecule has 0 heterocycles. The molecule has 3 heteroatoms. The molecule has 3 N–H and O–H groups in total. The van der Waals surface area contributed by atoms with Crippen LogP contribution in [0.15, 0.2) is 24.3 Å². The van der Waals surface area contributed by atoms with Gasteiger partial charge >= 0.3 is 0 Å². The summed E-state index contributed by atoms with van der Waals surface area (Å²) in [6, 6.07) is 7.97. The van der Waals surface area contributed by atoms with Crippen molar-refractivity contribution in [1.29, 1.82) is 0 Å². The fraction of sp³-hybridized carbons (Fsp3) is 0.562. The lowest BCUT2D eigenvalue weighted by Gasteiger charge is -2.19. The second-order valence-corrected chi connectivity index (χ2v) is 5.73. The Balaban J connectivity index is 2.72. The van der Waals surface area contributed by atoms with E-state index in [2.05, 4.69) is 39.1 Å². The molecule has 19 heavy (non-hydrogen) atoms. The topological polar surface area (TPSA) is 55.1 Å². The van der Waals surface area contributed by atoms with Crippen molar-refractivity contribution in [2.75, 3.05) is 11.9 Å². The maximum Gasteiger partial charge on any atom is 0.224 e. The number of para-hydroxylation sites is 1. The van der Waals surface area contributed by atoms with Gasteiger partial charge in [-0.1, -0.05) is 45.9 Å². The Labute approximate surface area is 116 Å². The molecule has 0 bridgehead atoms. The van der Waals surface area contributed by atoms with Crippen LogP contribution in [0.5, 0.6) is 0 Å². The summed E-state index contributed by atoms with van der Waals surface area (Å²) in [5.74, 6) is 1.12. The van der Waals surface area contributed by atoms with Crippen molar-refractivity contribution < 1.29 is 4.79 Å². The summed E-state index contributed by atoms with van der Waals surface area (Å²) >= 11 is 0. The van der Waals surface area contributed by atoms with Gasteiger partial charge < -0.3 is 11.1 Å². The highest BCUT2D eigenvalue weighted by molar-refractivity contribution is 5.91. The van der Waals surface area contributed by atoms with E-state index in [1.807, 2.05) is 18.2 Å². The Hall–Kier alpha value is -1.35. The molecule has 1 atom stereocenters. The first-order chi connectivity index (χ1) is 8.95. The van der Waals surface area contributed by atoms with Crippen LogP contribution in [-0.4, -0.2) is 12.5 Å². The van der Waals surface area contributed by atoms with Gasteiger partial charge in [0, 0.05) is 12.1 Å². The van der Waals surface area contributed by atoms with E-state index in [0.717, 1.165) is 5.69 Å². The van der Waals surface area contributed by atoms with Crippen LogP contribution in [0, 0.1) is 11.8 Å². The molecule has 0 aliphatic rings. The summed E-state index contributed by atoms with van der Waals surface area (Å²) in [6.45, 7) is 9.01. The Kier molecular flexibility index (Phi) is 6.03. The van der Waals surface area contributed by atoms with E-state index in [1.165, 1.54) is 5.56 Å². The fourth-order valence-electron chi connectivity index (χ4n) is 2.14. The second-order valence-electron chi connectivity index (χ2n) is 5.73. The quantitative estimate of drug-likeness (QED) is 0.826. The van der Waals surface area contributed by atoms with Crippen LogP contribution in [0.1, 0.15) is 45.6 Å². The number of nitrogens with two attached hydrogens (primary N) is 1. The molecule has 1 aromatic rings. The normalized spacial score (nSPS) is 12.8. The minimum atomic E-state index is 0.0530. The summed E-state index contributed by atoms with van der Waals surface area (Å²) in [4.78, 5) is 12.1. The third-order valence-electron chi connectivity index (χ3n) is 3.55. The van der Waals surface area contributed by atoms with Crippen LogP contribution >= 0.6 is 0 Å². The van der Waals surface area contributed by atoms with E-state index < -0.39 is 0 Å². The monoisotopic (exact) mass is 262 g/mol. The van der Waals surface area contributed by atoms with Crippen LogP contribution < -0.4 is 11.1 Å². The van der Waals surface area contributed by atoms with Gasteiger partial charge in [0.1, 0.15) is 0 Å². The Morgan fingerprint density at radius 3 is 2.37 bits per heavy atom. The summed E-state index contributed by atoms with van der Waals surface area (Å²) in [6.07, 6.45) is 0.487. The van der Waals surface area contributed by atoms with Crippen molar-refractivity contribution in [1.82, 2.24) is 0 Å². The molecule has 1 amide bonds. The third-order valence-corrected chi connectivity index (χ3v) is 3.55. The lowest BCUT2D eigenvalue weighted by atomic mass is 9.92. The standard InChI is InChI=1S/C16H26N2O/c1-11(2)13(10-17)9-16(19)18-15-8-6-5-7-14(15)12(3)4/h5-8,11-13H,9-10,17H2,1-4H3,(H,18,19). The molecule has 1 aromatic carbocycles. The number of rotatable bonds is 6. The highest BCUT2D eigenvalue weighted by atomic mass is 16.1. The van der Waals surface area contributed by atoms with Gasteiger partial charge in [-0.25, -0.2) is 0 Å². The highest BCUT2D eigenvalue weighted by Gasteiger charge is 2.17. The average molecular weight is 262 g/mol. The molecule has 0 aromatic heterocycles. The van der Waals surface area contributed by atoms with E-state index in [-0.39, 0.29) is 11.8 Å². The largest absolute Gasteiger partial charge is 0.330 e. The van der Waals surface area contributed by atoms with Crippen LogP contribution in [0.3, 0.4) is 0 Å². The number of amides is 1. The number of carbonyl (C=O) groups is 1. The first-order valence-corrected chi connectivity index (χ1v) is 7.04. The molecular weight excluding hydrogens is 236 g/mol. The molecule has 3 nitrogen and oxygen atoms in total. The molecule has 1 rings (SSSR count). The first-order valence-electron chi connectivity index (χ1n) is 7.04. The van der Waals surface area contributed by atoms with Gasteiger partial charge in [0.15, 0.2) is 0 Å². The van der Waals surface area contributed by atoms with Crippen molar-refractivity contribution in [2.45, 2.75) is 40.0 Å². The third kappa shape index (κ3) is 4.67. The molecule has 106 valence electrons. The summed E-state index contributed by atoms with van der Waals surface area (Å²) < 4.78 is 0. The molecule has 0 spiro atoms. The van der Waals surface area contributed by atoms with Crippen LogP contribution in [0.4, 0.5) is 5.69 Å². The zero-order valence-electron chi connectivity index (χ0n) is 12.4. The smallest absolute Gasteiger partial charge is 0.224 e. The van der Waals surface area contributed by atoms with Gasteiger partial charge in [-0.2, -0.15) is 0 Å². The number of carbonyl (C=O) groups excluding carboxylic acids is 1.